The molecule has 1 heterocycles. The maximum Gasteiger partial charge on any atom is 0.437 e. The second-order valence-electron chi connectivity index (χ2n) is 4.94. The quantitative estimate of drug-likeness (QED) is 0.849. The number of carbonyl (C=O) groups excluding carboxylic acids is 1. The third kappa shape index (κ3) is 2.88. The summed E-state index contributed by atoms with van der Waals surface area (Å²) in [7, 11) is 1.33. The summed E-state index contributed by atoms with van der Waals surface area (Å²) >= 11 is 0. The largest absolute Gasteiger partial charge is 0.469 e. The van der Waals surface area contributed by atoms with Gasteiger partial charge in [0.05, 0.1) is 24.8 Å². The van der Waals surface area contributed by atoms with Crippen molar-refractivity contribution in [3.05, 3.63) is 11.9 Å². The summed E-state index contributed by atoms with van der Waals surface area (Å²) in [5.41, 5.74) is 3.94. The van der Waals surface area contributed by atoms with Crippen molar-refractivity contribution in [1.82, 2.24) is 9.78 Å². The number of anilines is 1. The molecule has 2 N–H and O–H groups in total. The molecule has 0 atom stereocenters. The normalized spacial score (nSPS) is 23.6. The first-order chi connectivity index (χ1) is 9.32. The number of alkyl halides is 3. The van der Waals surface area contributed by atoms with Crippen molar-refractivity contribution in [3.63, 3.8) is 0 Å². The highest BCUT2D eigenvalue weighted by Gasteiger charge is 2.37. The molecule has 1 aliphatic carbocycles. The molecule has 0 spiro atoms. The lowest BCUT2D eigenvalue weighted by atomic mass is 9.86. The summed E-state index contributed by atoms with van der Waals surface area (Å²) < 4.78 is 43.8. The fourth-order valence-electron chi connectivity index (χ4n) is 2.56. The molecule has 0 aromatic carbocycles. The molecule has 5 nitrogen and oxygen atoms in total. The second-order valence-corrected chi connectivity index (χ2v) is 4.94. The van der Waals surface area contributed by atoms with E-state index in [-0.39, 0.29) is 23.6 Å². The van der Waals surface area contributed by atoms with E-state index < -0.39 is 11.9 Å². The average molecular weight is 291 g/mol. The van der Waals surface area contributed by atoms with Crippen LogP contribution in [0.25, 0.3) is 0 Å². The molecule has 1 aromatic heterocycles. The SMILES string of the molecule is COC(=O)C1CCC(n2cc(N)c(C(F)(F)F)n2)CC1. The van der Waals surface area contributed by atoms with Crippen LogP contribution >= 0.6 is 0 Å². The molecule has 8 heteroatoms. The van der Waals surface area contributed by atoms with Crippen LogP contribution in [0.2, 0.25) is 0 Å². The fourth-order valence-corrected chi connectivity index (χ4v) is 2.56. The molecule has 1 aromatic rings. The van der Waals surface area contributed by atoms with Crippen LogP contribution < -0.4 is 5.73 Å². The van der Waals surface area contributed by atoms with Gasteiger partial charge in [-0.3, -0.25) is 9.48 Å². The highest BCUT2D eigenvalue weighted by atomic mass is 19.4. The number of nitrogen functional groups attached to an aromatic ring is 1. The van der Waals surface area contributed by atoms with Crippen LogP contribution in [0, 0.1) is 5.92 Å². The molecular formula is C12H16F3N3O2. The number of rotatable bonds is 2. The van der Waals surface area contributed by atoms with Gasteiger partial charge in [0.1, 0.15) is 0 Å². The van der Waals surface area contributed by atoms with Gasteiger partial charge in [-0.15, -0.1) is 0 Å². The lowest BCUT2D eigenvalue weighted by molar-refractivity contribution is -0.146. The van der Waals surface area contributed by atoms with Gasteiger partial charge in [-0.05, 0) is 25.7 Å². The zero-order valence-electron chi connectivity index (χ0n) is 11.0. The molecule has 20 heavy (non-hydrogen) atoms. The molecular weight excluding hydrogens is 275 g/mol. The summed E-state index contributed by atoms with van der Waals surface area (Å²) in [6.45, 7) is 0. The number of carbonyl (C=O) groups is 1. The number of hydrogen-bond acceptors (Lipinski definition) is 4. The van der Waals surface area contributed by atoms with Gasteiger partial charge < -0.3 is 10.5 Å². The van der Waals surface area contributed by atoms with E-state index in [9.17, 15) is 18.0 Å². The lowest BCUT2D eigenvalue weighted by Gasteiger charge is -2.27. The Morgan fingerprint density at radius 3 is 2.45 bits per heavy atom. The van der Waals surface area contributed by atoms with Crippen LogP contribution in [0.1, 0.15) is 37.4 Å². The Hall–Kier alpha value is -1.73. The predicted molar refractivity (Wildman–Crippen MR) is 64.7 cm³/mol. The molecule has 0 saturated heterocycles. The first-order valence-electron chi connectivity index (χ1n) is 6.32. The Kier molecular flexibility index (Phi) is 3.92. The molecule has 1 fully saturated rings. The Morgan fingerprint density at radius 1 is 1.40 bits per heavy atom. The minimum absolute atomic E-state index is 0.158. The van der Waals surface area contributed by atoms with Crippen LogP contribution in [0.4, 0.5) is 18.9 Å². The average Bonchev–Trinajstić information content (AvgIpc) is 2.80. The summed E-state index contributed by atoms with van der Waals surface area (Å²) in [6, 6.07) is -0.158. The topological polar surface area (TPSA) is 70.1 Å². The van der Waals surface area contributed by atoms with E-state index in [0.29, 0.717) is 25.7 Å². The second kappa shape index (κ2) is 5.34. The maximum atomic E-state index is 12.6. The van der Waals surface area contributed by atoms with E-state index in [1.165, 1.54) is 18.0 Å². The van der Waals surface area contributed by atoms with Gasteiger partial charge in [-0.1, -0.05) is 0 Å². The lowest BCUT2D eigenvalue weighted by Crippen LogP contribution is -2.25. The van der Waals surface area contributed by atoms with Crippen LogP contribution in [0.5, 0.6) is 0 Å². The monoisotopic (exact) mass is 291 g/mol. The summed E-state index contributed by atoms with van der Waals surface area (Å²) in [4.78, 5) is 11.4. The summed E-state index contributed by atoms with van der Waals surface area (Å²) in [6.07, 6.45) is -1.00. The van der Waals surface area contributed by atoms with Crippen molar-refractivity contribution < 1.29 is 22.7 Å². The Morgan fingerprint density at radius 2 is 2.00 bits per heavy atom. The highest BCUT2D eigenvalue weighted by molar-refractivity contribution is 5.72. The van der Waals surface area contributed by atoms with Gasteiger partial charge in [0.25, 0.3) is 0 Å². The van der Waals surface area contributed by atoms with Crippen molar-refractivity contribution in [2.75, 3.05) is 12.8 Å². The van der Waals surface area contributed by atoms with Crippen LogP contribution in [0.15, 0.2) is 6.20 Å². The zero-order chi connectivity index (χ0) is 14.9. The molecule has 1 aliphatic rings. The number of aromatic nitrogens is 2. The van der Waals surface area contributed by atoms with Crippen LogP contribution in [-0.4, -0.2) is 22.9 Å². The molecule has 0 aliphatic heterocycles. The van der Waals surface area contributed by atoms with E-state index in [1.807, 2.05) is 0 Å². The van der Waals surface area contributed by atoms with Crippen molar-refractivity contribution in [2.45, 2.75) is 37.9 Å². The highest BCUT2D eigenvalue weighted by Crippen LogP contribution is 2.36. The molecule has 112 valence electrons. The number of nitrogens with two attached hydrogens (primary N) is 1. The summed E-state index contributed by atoms with van der Waals surface area (Å²) in [5, 5.41) is 3.55. The van der Waals surface area contributed by atoms with Crippen LogP contribution in [0.3, 0.4) is 0 Å². The maximum absolute atomic E-state index is 12.6. The number of hydrogen-bond donors (Lipinski definition) is 1. The van der Waals surface area contributed by atoms with Gasteiger partial charge >= 0.3 is 12.1 Å². The van der Waals surface area contributed by atoms with E-state index in [0.717, 1.165) is 0 Å². The molecule has 1 saturated carbocycles. The van der Waals surface area contributed by atoms with E-state index in [4.69, 9.17) is 5.73 Å². The Bertz CT molecular complexity index is 491. The van der Waals surface area contributed by atoms with Crippen molar-refractivity contribution in [3.8, 4) is 0 Å². The van der Waals surface area contributed by atoms with Crippen molar-refractivity contribution >= 4 is 11.7 Å². The van der Waals surface area contributed by atoms with E-state index in [1.54, 1.807) is 0 Å². The number of halogens is 3. The smallest absolute Gasteiger partial charge is 0.437 e. The third-order valence-corrected chi connectivity index (χ3v) is 3.63. The molecule has 0 bridgehead atoms. The first-order valence-corrected chi connectivity index (χ1v) is 6.32. The van der Waals surface area contributed by atoms with Gasteiger partial charge in [-0.2, -0.15) is 18.3 Å². The van der Waals surface area contributed by atoms with Gasteiger partial charge in [0, 0.05) is 6.20 Å². The Labute approximate surface area is 113 Å². The van der Waals surface area contributed by atoms with Gasteiger partial charge in [0.15, 0.2) is 5.69 Å². The number of methoxy groups -OCH3 is 1. The number of nitrogens with zero attached hydrogens (tertiary/aromatic N) is 2. The molecule has 0 amide bonds. The fraction of sp³-hybridized carbons (Fsp3) is 0.667. The zero-order valence-corrected chi connectivity index (χ0v) is 11.0. The molecule has 2 rings (SSSR count). The van der Waals surface area contributed by atoms with Crippen LogP contribution in [-0.2, 0) is 15.7 Å². The van der Waals surface area contributed by atoms with E-state index in [2.05, 4.69) is 9.84 Å². The minimum Gasteiger partial charge on any atom is -0.469 e. The van der Waals surface area contributed by atoms with E-state index >= 15 is 0 Å². The van der Waals surface area contributed by atoms with Gasteiger partial charge in [-0.25, -0.2) is 0 Å². The standard InChI is InChI=1S/C12H16F3N3O2/c1-20-11(19)7-2-4-8(5-3-7)18-6-9(16)10(17-18)12(13,14)15/h6-8H,2-5,16H2,1H3. The Balaban J connectivity index is 2.06. The summed E-state index contributed by atoms with van der Waals surface area (Å²) in [5.74, 6) is -0.439. The third-order valence-electron chi connectivity index (χ3n) is 3.63. The number of esters is 1. The van der Waals surface area contributed by atoms with Gasteiger partial charge in [0.2, 0.25) is 0 Å². The van der Waals surface area contributed by atoms with Crippen molar-refractivity contribution in [2.24, 2.45) is 5.92 Å². The molecule has 0 unspecified atom stereocenters. The predicted octanol–water partition coefficient (Wildman–Crippen LogP) is 2.39. The number of ether oxygens (including phenoxy) is 1. The minimum atomic E-state index is -4.54. The first kappa shape index (κ1) is 14.7. The van der Waals surface area contributed by atoms with Crippen molar-refractivity contribution in [1.29, 1.82) is 0 Å². The molecule has 0 radical (unpaired) electrons.